The van der Waals surface area contributed by atoms with Gasteiger partial charge in [0.2, 0.25) is 5.79 Å². The smallest absolute Gasteiger partial charge is 0.253 e. The lowest BCUT2D eigenvalue weighted by Crippen LogP contribution is -2.47. The van der Waals surface area contributed by atoms with Crippen LogP contribution in [0.4, 0.5) is 11.4 Å². The predicted octanol–water partition coefficient (Wildman–Crippen LogP) is 2.43. The summed E-state index contributed by atoms with van der Waals surface area (Å²) in [6, 6.07) is 12.5. The van der Waals surface area contributed by atoms with E-state index in [1.165, 1.54) is 0 Å². The first-order chi connectivity index (χ1) is 13.2. The molecule has 0 aliphatic carbocycles. The number of anilines is 2. The molecule has 0 saturated carbocycles. The molecular formula is C21H28N4O3. The summed E-state index contributed by atoms with van der Waals surface area (Å²) in [4.78, 5) is 16.2. The van der Waals surface area contributed by atoms with Gasteiger partial charge in [0, 0.05) is 63.0 Å². The molecule has 2 aromatic carbocycles. The van der Waals surface area contributed by atoms with Crippen LogP contribution in [-0.4, -0.2) is 54.7 Å². The fourth-order valence-corrected chi connectivity index (χ4v) is 3.06. The van der Waals surface area contributed by atoms with Gasteiger partial charge in [-0.25, -0.2) is 0 Å². The number of rotatable bonds is 1. The van der Waals surface area contributed by atoms with Crippen LogP contribution in [0.3, 0.4) is 0 Å². The average Bonchev–Trinajstić information content (AvgIpc) is 2.96. The van der Waals surface area contributed by atoms with Crippen molar-refractivity contribution < 1.29 is 14.3 Å². The van der Waals surface area contributed by atoms with E-state index in [2.05, 4.69) is 11.9 Å². The highest BCUT2D eigenvalue weighted by Crippen LogP contribution is 2.39. The van der Waals surface area contributed by atoms with Gasteiger partial charge in [-0.3, -0.25) is 4.79 Å². The Morgan fingerprint density at radius 1 is 0.893 bits per heavy atom. The van der Waals surface area contributed by atoms with Gasteiger partial charge in [-0.2, -0.15) is 0 Å². The number of nitrogen functional groups attached to an aromatic ring is 2. The molecule has 1 fully saturated rings. The molecule has 2 heterocycles. The maximum atomic E-state index is 12.1. The van der Waals surface area contributed by atoms with Gasteiger partial charge in [0.1, 0.15) is 0 Å². The third-order valence-electron chi connectivity index (χ3n) is 4.63. The van der Waals surface area contributed by atoms with Gasteiger partial charge < -0.3 is 30.7 Å². The fraction of sp³-hybridized carbons (Fsp3) is 0.381. The summed E-state index contributed by atoms with van der Waals surface area (Å²) in [5, 5.41) is 0. The zero-order chi connectivity index (χ0) is 20.3. The molecule has 0 radical (unpaired) electrons. The number of likely N-dealkylation sites (N-methyl/N-ethyl adjacent to an activating group) is 1. The van der Waals surface area contributed by atoms with Crippen molar-refractivity contribution in [3.63, 3.8) is 0 Å². The minimum atomic E-state index is -0.559. The first-order valence-electron chi connectivity index (χ1n) is 9.34. The molecule has 7 heteroatoms. The first-order valence-corrected chi connectivity index (χ1v) is 9.34. The fourth-order valence-electron chi connectivity index (χ4n) is 3.06. The summed E-state index contributed by atoms with van der Waals surface area (Å²) in [6.07, 6.45) is 0. The molecule has 28 heavy (non-hydrogen) atoms. The molecule has 2 aliphatic rings. The SMILES string of the molecule is CC1(C)Oc2ccc(N)cc2O1.CN1CCN(C(=O)c2ccc(N)cc2)CC1. The molecule has 0 bridgehead atoms. The Kier molecular flexibility index (Phi) is 5.65. The van der Waals surface area contributed by atoms with Crippen LogP contribution in [0.1, 0.15) is 24.2 Å². The number of benzene rings is 2. The van der Waals surface area contributed by atoms with Crippen molar-refractivity contribution >= 4 is 17.3 Å². The number of piperazine rings is 1. The number of ether oxygens (including phenoxy) is 2. The van der Waals surface area contributed by atoms with E-state index in [9.17, 15) is 4.79 Å². The number of nitrogens with zero attached hydrogens (tertiary/aromatic N) is 2. The van der Waals surface area contributed by atoms with Crippen LogP contribution in [0.15, 0.2) is 42.5 Å². The summed E-state index contributed by atoms with van der Waals surface area (Å²) in [5.41, 5.74) is 13.3. The van der Waals surface area contributed by atoms with E-state index in [-0.39, 0.29) is 5.91 Å². The summed E-state index contributed by atoms with van der Waals surface area (Å²) >= 11 is 0. The van der Waals surface area contributed by atoms with Gasteiger partial charge >= 0.3 is 0 Å². The van der Waals surface area contributed by atoms with E-state index in [1.54, 1.807) is 36.4 Å². The topological polar surface area (TPSA) is 94.0 Å². The lowest BCUT2D eigenvalue weighted by molar-refractivity contribution is -0.0431. The van der Waals surface area contributed by atoms with Gasteiger partial charge in [0.15, 0.2) is 11.5 Å². The van der Waals surface area contributed by atoms with Crippen molar-refractivity contribution in [1.29, 1.82) is 0 Å². The van der Waals surface area contributed by atoms with Gasteiger partial charge in [-0.15, -0.1) is 0 Å². The number of nitrogens with two attached hydrogens (primary N) is 2. The molecule has 150 valence electrons. The number of hydrogen-bond donors (Lipinski definition) is 2. The van der Waals surface area contributed by atoms with E-state index in [1.807, 2.05) is 24.8 Å². The van der Waals surface area contributed by atoms with Crippen LogP contribution in [0.25, 0.3) is 0 Å². The largest absolute Gasteiger partial charge is 0.449 e. The highest BCUT2D eigenvalue weighted by Gasteiger charge is 2.31. The van der Waals surface area contributed by atoms with E-state index in [0.29, 0.717) is 11.4 Å². The molecule has 0 atom stereocenters. The molecule has 0 unspecified atom stereocenters. The van der Waals surface area contributed by atoms with Crippen molar-refractivity contribution in [1.82, 2.24) is 9.80 Å². The predicted molar refractivity (Wildman–Crippen MR) is 110 cm³/mol. The molecule has 7 nitrogen and oxygen atoms in total. The monoisotopic (exact) mass is 384 g/mol. The number of hydrogen-bond acceptors (Lipinski definition) is 6. The standard InChI is InChI=1S/C12H17N3O.C9H11NO2/c1-14-6-8-15(9-7-14)12(16)10-2-4-11(13)5-3-10;1-9(2)11-7-4-3-6(10)5-8(7)12-9/h2-5H,6-9,13H2,1H3;3-5H,10H2,1-2H3. The third-order valence-corrected chi connectivity index (χ3v) is 4.63. The van der Waals surface area contributed by atoms with Crippen LogP contribution < -0.4 is 20.9 Å². The summed E-state index contributed by atoms with van der Waals surface area (Å²) in [7, 11) is 2.07. The molecule has 4 N–H and O–H groups in total. The Hall–Kier alpha value is -2.93. The highest BCUT2D eigenvalue weighted by atomic mass is 16.7. The van der Waals surface area contributed by atoms with Crippen molar-refractivity contribution in [2.75, 3.05) is 44.7 Å². The van der Waals surface area contributed by atoms with Crippen molar-refractivity contribution in [3.05, 3.63) is 48.0 Å². The zero-order valence-corrected chi connectivity index (χ0v) is 16.6. The quantitative estimate of drug-likeness (QED) is 0.734. The Bertz CT molecular complexity index is 828. The van der Waals surface area contributed by atoms with Crippen LogP contribution in [0, 0.1) is 0 Å². The molecule has 1 saturated heterocycles. The molecular weight excluding hydrogens is 356 g/mol. The van der Waals surface area contributed by atoms with Gasteiger partial charge in [0.05, 0.1) is 0 Å². The van der Waals surface area contributed by atoms with Crippen molar-refractivity contribution in [2.24, 2.45) is 0 Å². The zero-order valence-electron chi connectivity index (χ0n) is 16.6. The number of carbonyl (C=O) groups excluding carboxylic acids is 1. The van der Waals surface area contributed by atoms with Crippen LogP contribution in [0.5, 0.6) is 11.5 Å². The molecule has 0 spiro atoms. The van der Waals surface area contributed by atoms with E-state index in [4.69, 9.17) is 20.9 Å². The number of fused-ring (bicyclic) bond motifs is 1. The third kappa shape index (κ3) is 4.86. The highest BCUT2D eigenvalue weighted by molar-refractivity contribution is 5.94. The van der Waals surface area contributed by atoms with E-state index < -0.39 is 5.79 Å². The number of carbonyl (C=O) groups is 1. The van der Waals surface area contributed by atoms with Gasteiger partial charge in [0.25, 0.3) is 5.91 Å². The van der Waals surface area contributed by atoms with Crippen molar-refractivity contribution in [2.45, 2.75) is 19.6 Å². The summed E-state index contributed by atoms with van der Waals surface area (Å²) in [5.74, 6) is 1.03. The maximum Gasteiger partial charge on any atom is 0.253 e. The minimum absolute atomic E-state index is 0.105. The average molecular weight is 384 g/mol. The van der Waals surface area contributed by atoms with Gasteiger partial charge in [-0.1, -0.05) is 0 Å². The van der Waals surface area contributed by atoms with Crippen LogP contribution >= 0.6 is 0 Å². The molecule has 1 amide bonds. The second-order valence-corrected chi connectivity index (χ2v) is 7.53. The Morgan fingerprint density at radius 3 is 2.11 bits per heavy atom. The Morgan fingerprint density at radius 2 is 1.46 bits per heavy atom. The second kappa shape index (κ2) is 7.98. The molecule has 4 rings (SSSR count). The molecule has 2 aromatic rings. The Labute approximate surface area is 165 Å². The summed E-state index contributed by atoms with van der Waals surface area (Å²) < 4.78 is 10.9. The molecule has 0 aromatic heterocycles. The maximum absolute atomic E-state index is 12.1. The van der Waals surface area contributed by atoms with E-state index >= 15 is 0 Å². The van der Waals surface area contributed by atoms with Crippen LogP contribution in [0.2, 0.25) is 0 Å². The lowest BCUT2D eigenvalue weighted by Gasteiger charge is -2.32. The minimum Gasteiger partial charge on any atom is -0.449 e. The lowest BCUT2D eigenvalue weighted by atomic mass is 10.1. The summed E-state index contributed by atoms with van der Waals surface area (Å²) in [6.45, 7) is 7.23. The van der Waals surface area contributed by atoms with Crippen molar-refractivity contribution in [3.8, 4) is 11.5 Å². The second-order valence-electron chi connectivity index (χ2n) is 7.53. The number of amides is 1. The first kappa shape index (κ1) is 19.8. The molecule has 2 aliphatic heterocycles. The Balaban J connectivity index is 0.000000167. The van der Waals surface area contributed by atoms with Gasteiger partial charge in [-0.05, 0) is 43.4 Å². The van der Waals surface area contributed by atoms with Crippen LogP contribution in [-0.2, 0) is 0 Å². The van der Waals surface area contributed by atoms with E-state index in [0.717, 1.165) is 43.2 Å². The normalized spacial score (nSPS) is 17.6.